The molecule has 0 radical (unpaired) electrons. The van der Waals surface area contributed by atoms with Crippen molar-refractivity contribution in [2.24, 2.45) is 23.5 Å². The van der Waals surface area contributed by atoms with Crippen molar-refractivity contribution < 1.29 is 9.59 Å². The van der Waals surface area contributed by atoms with E-state index in [1.165, 1.54) is 24.8 Å². The molecule has 2 saturated carbocycles. The third-order valence-electron chi connectivity index (χ3n) is 7.39. The Morgan fingerprint density at radius 1 is 0.900 bits per heavy atom. The molecule has 1 heterocycles. The predicted octanol–water partition coefficient (Wildman–Crippen LogP) is 3.26. The van der Waals surface area contributed by atoms with E-state index in [0.717, 1.165) is 38.8 Å². The van der Waals surface area contributed by atoms with Crippen LogP contribution in [0.5, 0.6) is 0 Å². The predicted molar refractivity (Wildman–Crippen MR) is 121 cm³/mol. The summed E-state index contributed by atoms with van der Waals surface area (Å²) in [6.45, 7) is 2.88. The largest absolute Gasteiger partial charge is 0.341 e. The number of halogens is 1. The number of fused-ring (bicyclic) bond motifs is 2. The fourth-order valence-corrected chi connectivity index (χ4v) is 5.69. The minimum absolute atomic E-state index is 0. The lowest BCUT2D eigenvalue weighted by molar-refractivity contribution is -0.139. The lowest BCUT2D eigenvalue weighted by Gasteiger charge is -2.44. The molecule has 166 valence electrons. The molecular formula is C24H36ClN3O2. The number of rotatable bonds is 4. The van der Waals surface area contributed by atoms with Gasteiger partial charge in [0.05, 0.1) is 0 Å². The summed E-state index contributed by atoms with van der Waals surface area (Å²) in [4.78, 5) is 29.9. The van der Waals surface area contributed by atoms with Crippen LogP contribution in [0, 0.1) is 17.8 Å². The molecule has 0 spiro atoms. The van der Waals surface area contributed by atoms with Gasteiger partial charge in [0.15, 0.2) is 0 Å². The summed E-state index contributed by atoms with van der Waals surface area (Å²) in [5.41, 5.74) is 7.61. The second kappa shape index (κ2) is 10.6. The summed E-state index contributed by atoms with van der Waals surface area (Å²) < 4.78 is 0. The van der Waals surface area contributed by atoms with Crippen molar-refractivity contribution in [1.29, 1.82) is 0 Å². The number of hydrogen-bond acceptors (Lipinski definition) is 3. The number of amides is 2. The lowest BCUT2D eigenvalue weighted by Crippen LogP contribution is -2.50. The molecule has 2 bridgehead atoms. The van der Waals surface area contributed by atoms with Crippen LogP contribution in [-0.2, 0) is 16.0 Å². The van der Waals surface area contributed by atoms with Gasteiger partial charge in [-0.3, -0.25) is 9.59 Å². The highest BCUT2D eigenvalue weighted by molar-refractivity contribution is 5.85. The van der Waals surface area contributed by atoms with E-state index in [2.05, 4.69) is 12.1 Å². The number of carbonyl (C=O) groups excluding carboxylic acids is 2. The van der Waals surface area contributed by atoms with Crippen molar-refractivity contribution >= 4 is 24.2 Å². The third-order valence-corrected chi connectivity index (χ3v) is 7.39. The van der Waals surface area contributed by atoms with Gasteiger partial charge in [0.2, 0.25) is 11.8 Å². The smallest absolute Gasteiger partial charge is 0.225 e. The van der Waals surface area contributed by atoms with Gasteiger partial charge >= 0.3 is 0 Å². The van der Waals surface area contributed by atoms with Crippen molar-refractivity contribution in [1.82, 2.24) is 9.80 Å². The van der Waals surface area contributed by atoms with Gasteiger partial charge in [-0.05, 0) is 55.9 Å². The van der Waals surface area contributed by atoms with Gasteiger partial charge < -0.3 is 15.5 Å². The molecule has 1 aromatic carbocycles. The highest BCUT2D eigenvalue weighted by Gasteiger charge is 2.41. The van der Waals surface area contributed by atoms with Crippen LogP contribution < -0.4 is 5.73 Å². The first-order chi connectivity index (χ1) is 14.1. The Hall–Kier alpha value is -1.59. The van der Waals surface area contributed by atoms with E-state index in [4.69, 9.17) is 5.73 Å². The molecule has 5 nitrogen and oxygen atoms in total. The van der Waals surface area contributed by atoms with E-state index in [1.807, 2.05) is 28.0 Å². The standard InChI is InChI=1S/C24H35N3O2.ClH/c25-23-19-8-4-9-20(23)17-21(16-19)24(29)27-13-5-12-26(14-15-27)22(28)11-10-18-6-2-1-3-7-18;/h1-3,6-7,19-21,23H,4-5,8-17,25H2;1H. The molecule has 2 aliphatic carbocycles. The normalized spacial score (nSPS) is 29.0. The second-order valence-electron chi connectivity index (χ2n) is 9.24. The number of nitrogens with zero attached hydrogens (tertiary/aromatic N) is 2. The van der Waals surface area contributed by atoms with E-state index < -0.39 is 0 Å². The average molecular weight is 434 g/mol. The van der Waals surface area contributed by atoms with Crippen molar-refractivity contribution in [2.75, 3.05) is 26.2 Å². The van der Waals surface area contributed by atoms with Gasteiger partial charge in [-0.1, -0.05) is 36.8 Å². The van der Waals surface area contributed by atoms with E-state index in [0.29, 0.717) is 43.3 Å². The number of hydrogen-bond donors (Lipinski definition) is 1. The van der Waals surface area contributed by atoms with Crippen LogP contribution in [0.3, 0.4) is 0 Å². The summed E-state index contributed by atoms with van der Waals surface area (Å²) in [6, 6.07) is 10.5. The van der Waals surface area contributed by atoms with Gasteiger partial charge in [0.25, 0.3) is 0 Å². The number of aryl methyl sites for hydroxylation is 1. The fourth-order valence-electron chi connectivity index (χ4n) is 5.69. The van der Waals surface area contributed by atoms with Crippen LogP contribution in [0.2, 0.25) is 0 Å². The summed E-state index contributed by atoms with van der Waals surface area (Å²) >= 11 is 0. The first-order valence-corrected chi connectivity index (χ1v) is 11.5. The molecule has 2 unspecified atom stereocenters. The molecule has 1 aromatic rings. The zero-order valence-corrected chi connectivity index (χ0v) is 18.7. The zero-order valence-electron chi connectivity index (χ0n) is 17.9. The second-order valence-corrected chi connectivity index (χ2v) is 9.24. The minimum Gasteiger partial charge on any atom is -0.341 e. The molecule has 2 atom stereocenters. The Morgan fingerprint density at radius 3 is 2.23 bits per heavy atom. The molecule has 30 heavy (non-hydrogen) atoms. The van der Waals surface area contributed by atoms with Gasteiger partial charge in [-0.2, -0.15) is 0 Å². The maximum absolute atomic E-state index is 13.2. The average Bonchev–Trinajstić information content (AvgIpc) is 2.98. The zero-order chi connectivity index (χ0) is 20.2. The van der Waals surface area contributed by atoms with Crippen molar-refractivity contribution in [2.45, 2.75) is 57.4 Å². The van der Waals surface area contributed by atoms with E-state index in [-0.39, 0.29) is 24.2 Å². The first kappa shape index (κ1) is 23.1. The lowest BCUT2D eigenvalue weighted by atomic mass is 9.65. The molecular weight excluding hydrogens is 398 g/mol. The van der Waals surface area contributed by atoms with Crippen LogP contribution in [0.25, 0.3) is 0 Å². The summed E-state index contributed by atoms with van der Waals surface area (Å²) in [5, 5.41) is 0. The van der Waals surface area contributed by atoms with E-state index >= 15 is 0 Å². The molecule has 3 aliphatic rings. The monoisotopic (exact) mass is 433 g/mol. The number of carbonyl (C=O) groups is 2. The molecule has 0 aromatic heterocycles. The quantitative estimate of drug-likeness (QED) is 0.792. The fraction of sp³-hybridized carbons (Fsp3) is 0.667. The van der Waals surface area contributed by atoms with Crippen molar-refractivity contribution in [3.8, 4) is 0 Å². The Kier molecular flexibility index (Phi) is 8.18. The highest BCUT2D eigenvalue weighted by Crippen LogP contribution is 2.42. The molecule has 1 aliphatic heterocycles. The molecule has 3 fully saturated rings. The summed E-state index contributed by atoms with van der Waals surface area (Å²) in [7, 11) is 0. The van der Waals surface area contributed by atoms with Crippen molar-refractivity contribution in [3.05, 3.63) is 35.9 Å². The molecule has 2 amide bonds. The number of nitrogens with two attached hydrogens (primary N) is 1. The van der Waals surface area contributed by atoms with Crippen molar-refractivity contribution in [3.63, 3.8) is 0 Å². The van der Waals surface area contributed by atoms with Crippen LogP contribution in [0.1, 0.15) is 50.5 Å². The maximum Gasteiger partial charge on any atom is 0.225 e. The Labute approximate surface area is 186 Å². The molecule has 6 heteroatoms. The summed E-state index contributed by atoms with van der Waals surface area (Å²) in [5.74, 6) is 1.72. The topological polar surface area (TPSA) is 66.6 Å². The number of benzene rings is 1. The maximum atomic E-state index is 13.2. The Morgan fingerprint density at radius 2 is 1.53 bits per heavy atom. The van der Waals surface area contributed by atoms with E-state index in [1.54, 1.807) is 0 Å². The van der Waals surface area contributed by atoms with Gasteiger partial charge in [0, 0.05) is 44.6 Å². The molecule has 4 rings (SSSR count). The van der Waals surface area contributed by atoms with Gasteiger partial charge in [-0.15, -0.1) is 12.4 Å². The Bertz CT molecular complexity index is 700. The summed E-state index contributed by atoms with van der Waals surface area (Å²) in [6.07, 6.45) is 7.77. The first-order valence-electron chi connectivity index (χ1n) is 11.5. The van der Waals surface area contributed by atoms with E-state index in [9.17, 15) is 9.59 Å². The minimum atomic E-state index is 0. The van der Waals surface area contributed by atoms with Gasteiger partial charge in [0.1, 0.15) is 0 Å². The van der Waals surface area contributed by atoms with Crippen LogP contribution >= 0.6 is 12.4 Å². The highest BCUT2D eigenvalue weighted by atomic mass is 35.5. The molecule has 1 saturated heterocycles. The third kappa shape index (κ3) is 5.36. The van der Waals surface area contributed by atoms with Gasteiger partial charge in [-0.25, -0.2) is 0 Å². The van der Waals surface area contributed by atoms with Crippen LogP contribution in [0.4, 0.5) is 0 Å². The van der Waals surface area contributed by atoms with Crippen LogP contribution in [-0.4, -0.2) is 53.8 Å². The Balaban J connectivity index is 0.00000256. The SMILES string of the molecule is Cl.NC1C2CCCC1CC(C(=O)N1CCCN(C(=O)CCc3ccccc3)CC1)C2. The van der Waals surface area contributed by atoms with Crippen LogP contribution in [0.15, 0.2) is 30.3 Å². The molecule has 2 N–H and O–H groups in total.